The maximum absolute atomic E-state index is 10.9. The van der Waals surface area contributed by atoms with Crippen molar-refractivity contribution >= 4 is 5.52 Å². The van der Waals surface area contributed by atoms with Crippen molar-refractivity contribution in [3.8, 4) is 0 Å². The van der Waals surface area contributed by atoms with Gasteiger partial charge in [0.2, 0.25) is 0 Å². The summed E-state index contributed by atoms with van der Waals surface area (Å²) >= 11 is 0. The first-order valence-electron chi connectivity index (χ1n) is 7.54. The number of pyridine rings is 1. The number of aromatic nitrogens is 2. The van der Waals surface area contributed by atoms with Crippen LogP contribution in [0.15, 0.2) is 54.9 Å². The van der Waals surface area contributed by atoms with Crippen LogP contribution in [0.5, 0.6) is 0 Å². The van der Waals surface area contributed by atoms with Crippen LogP contribution in [0.1, 0.15) is 48.0 Å². The van der Waals surface area contributed by atoms with Crippen molar-refractivity contribution in [3.05, 3.63) is 71.5 Å². The minimum atomic E-state index is -0.610. The maximum Gasteiger partial charge on any atom is 0.108 e. The number of benzene rings is 1. The summed E-state index contributed by atoms with van der Waals surface area (Å²) in [7, 11) is 0. The van der Waals surface area contributed by atoms with Crippen LogP contribution in [-0.2, 0) is 0 Å². The molecule has 1 aliphatic carbocycles. The zero-order valence-electron chi connectivity index (χ0n) is 11.8. The lowest BCUT2D eigenvalue weighted by Crippen LogP contribution is -2.13. The second-order valence-corrected chi connectivity index (χ2v) is 5.79. The van der Waals surface area contributed by atoms with E-state index in [1.807, 2.05) is 41.0 Å². The summed E-state index contributed by atoms with van der Waals surface area (Å²) in [5.74, 6) is 0.609. The number of aliphatic hydroxyl groups excluding tert-OH is 1. The lowest BCUT2D eigenvalue weighted by Gasteiger charge is -2.29. The fraction of sp³-hybridized carbons (Fsp3) is 0.278. The summed E-state index contributed by atoms with van der Waals surface area (Å²) in [6.45, 7) is 0. The van der Waals surface area contributed by atoms with E-state index >= 15 is 0 Å². The van der Waals surface area contributed by atoms with Crippen molar-refractivity contribution in [2.24, 2.45) is 0 Å². The number of hydrogen-bond donors (Lipinski definition) is 1. The maximum atomic E-state index is 10.9. The zero-order valence-corrected chi connectivity index (χ0v) is 11.8. The number of hydrogen-bond acceptors (Lipinski definition) is 2. The third-order valence-corrected chi connectivity index (χ3v) is 4.59. The Labute approximate surface area is 123 Å². The highest BCUT2D eigenvalue weighted by Crippen LogP contribution is 2.40. The Morgan fingerprint density at radius 2 is 1.86 bits per heavy atom. The zero-order chi connectivity index (χ0) is 14.2. The second kappa shape index (κ2) is 5.01. The molecule has 3 heteroatoms. The van der Waals surface area contributed by atoms with Gasteiger partial charge in [-0.2, -0.15) is 5.10 Å². The first-order valence-corrected chi connectivity index (χ1v) is 7.54. The summed E-state index contributed by atoms with van der Waals surface area (Å²) in [6.07, 6.45) is 6.84. The van der Waals surface area contributed by atoms with Crippen LogP contribution >= 0.6 is 0 Å². The van der Waals surface area contributed by atoms with E-state index in [1.54, 1.807) is 6.20 Å². The summed E-state index contributed by atoms with van der Waals surface area (Å²) < 4.78 is 1.81. The number of fused-ring (bicyclic) bond motifs is 1. The molecule has 1 unspecified atom stereocenters. The van der Waals surface area contributed by atoms with Gasteiger partial charge in [0, 0.05) is 11.8 Å². The normalized spacial score (nSPS) is 16.8. The highest BCUT2D eigenvalue weighted by atomic mass is 16.3. The minimum absolute atomic E-state index is 0.609. The van der Waals surface area contributed by atoms with Crippen molar-refractivity contribution in [2.45, 2.75) is 31.3 Å². The van der Waals surface area contributed by atoms with E-state index in [0.29, 0.717) is 5.92 Å². The van der Waals surface area contributed by atoms with E-state index in [-0.39, 0.29) is 0 Å². The van der Waals surface area contributed by atoms with Crippen LogP contribution in [-0.4, -0.2) is 14.7 Å². The highest BCUT2D eigenvalue weighted by Gasteiger charge is 2.25. The van der Waals surface area contributed by atoms with Gasteiger partial charge in [0.25, 0.3) is 0 Å². The highest BCUT2D eigenvalue weighted by molar-refractivity contribution is 5.57. The van der Waals surface area contributed by atoms with E-state index in [4.69, 9.17) is 0 Å². The minimum Gasteiger partial charge on any atom is -0.384 e. The summed E-state index contributed by atoms with van der Waals surface area (Å²) in [4.78, 5) is 0. The predicted molar refractivity (Wildman–Crippen MR) is 82.3 cm³/mol. The first-order chi connectivity index (χ1) is 10.3. The van der Waals surface area contributed by atoms with Crippen molar-refractivity contribution in [1.82, 2.24) is 9.61 Å². The van der Waals surface area contributed by atoms with Crippen molar-refractivity contribution < 1.29 is 5.11 Å². The molecule has 2 heterocycles. The molecule has 0 bridgehead atoms. The molecule has 0 radical (unpaired) electrons. The van der Waals surface area contributed by atoms with Gasteiger partial charge >= 0.3 is 0 Å². The largest absolute Gasteiger partial charge is 0.384 e. The summed E-state index contributed by atoms with van der Waals surface area (Å²) in [5, 5.41) is 15.2. The lowest BCUT2D eigenvalue weighted by molar-refractivity contribution is 0.218. The van der Waals surface area contributed by atoms with Crippen molar-refractivity contribution in [3.63, 3.8) is 0 Å². The van der Waals surface area contributed by atoms with Gasteiger partial charge in [-0.05, 0) is 42.0 Å². The van der Waals surface area contributed by atoms with E-state index in [9.17, 15) is 5.11 Å². The Morgan fingerprint density at radius 1 is 1.05 bits per heavy atom. The SMILES string of the molecule is OC(c1ccccc1C1CCC1)c1cnn2ccccc12. The summed E-state index contributed by atoms with van der Waals surface area (Å²) in [5.41, 5.74) is 4.17. The average Bonchev–Trinajstić information content (AvgIpc) is 2.89. The smallest absolute Gasteiger partial charge is 0.108 e. The second-order valence-electron chi connectivity index (χ2n) is 5.79. The van der Waals surface area contributed by atoms with Gasteiger partial charge in [-0.1, -0.05) is 36.8 Å². The van der Waals surface area contributed by atoms with E-state index in [2.05, 4.69) is 17.2 Å². The van der Waals surface area contributed by atoms with Crippen LogP contribution < -0.4 is 0 Å². The molecule has 0 aliphatic heterocycles. The van der Waals surface area contributed by atoms with Crippen molar-refractivity contribution in [2.75, 3.05) is 0 Å². The molecule has 0 spiro atoms. The molecule has 1 atom stereocenters. The van der Waals surface area contributed by atoms with Gasteiger partial charge in [-0.15, -0.1) is 0 Å². The van der Waals surface area contributed by atoms with Gasteiger partial charge < -0.3 is 5.11 Å². The van der Waals surface area contributed by atoms with Gasteiger partial charge in [0.1, 0.15) is 6.10 Å². The fourth-order valence-electron chi connectivity index (χ4n) is 3.18. The molecular weight excluding hydrogens is 260 g/mol. The molecule has 1 aliphatic rings. The Morgan fingerprint density at radius 3 is 2.67 bits per heavy atom. The average molecular weight is 278 g/mol. The molecule has 1 aromatic carbocycles. The molecule has 1 saturated carbocycles. The summed E-state index contributed by atoms with van der Waals surface area (Å²) in [6, 6.07) is 14.2. The van der Waals surface area contributed by atoms with E-state index in [1.165, 1.54) is 24.8 Å². The van der Waals surface area contributed by atoms with Gasteiger partial charge in [0.05, 0.1) is 11.7 Å². The van der Waals surface area contributed by atoms with Crippen LogP contribution in [0.25, 0.3) is 5.52 Å². The Kier molecular flexibility index (Phi) is 3.00. The molecular formula is C18H18N2O. The molecule has 3 aromatic rings. The third-order valence-electron chi connectivity index (χ3n) is 4.59. The molecule has 0 amide bonds. The molecule has 21 heavy (non-hydrogen) atoms. The third kappa shape index (κ3) is 2.05. The quantitative estimate of drug-likeness (QED) is 0.793. The Balaban J connectivity index is 1.79. The van der Waals surface area contributed by atoms with Crippen LogP contribution in [0, 0.1) is 0 Å². The van der Waals surface area contributed by atoms with E-state index in [0.717, 1.165) is 16.6 Å². The topological polar surface area (TPSA) is 37.5 Å². The predicted octanol–water partition coefficient (Wildman–Crippen LogP) is 3.68. The number of nitrogens with zero attached hydrogens (tertiary/aromatic N) is 2. The molecule has 0 saturated heterocycles. The molecule has 3 nitrogen and oxygen atoms in total. The van der Waals surface area contributed by atoms with Crippen molar-refractivity contribution in [1.29, 1.82) is 0 Å². The van der Waals surface area contributed by atoms with Gasteiger partial charge in [-0.3, -0.25) is 0 Å². The van der Waals surface area contributed by atoms with Crippen LogP contribution in [0.3, 0.4) is 0 Å². The van der Waals surface area contributed by atoms with Gasteiger partial charge in [-0.25, -0.2) is 4.52 Å². The Bertz CT molecular complexity index is 773. The fourth-order valence-corrected chi connectivity index (χ4v) is 3.18. The number of rotatable bonds is 3. The Hall–Kier alpha value is -2.13. The van der Waals surface area contributed by atoms with E-state index < -0.39 is 6.10 Å². The van der Waals surface area contributed by atoms with Crippen LogP contribution in [0.4, 0.5) is 0 Å². The molecule has 1 N–H and O–H groups in total. The van der Waals surface area contributed by atoms with Gasteiger partial charge in [0.15, 0.2) is 0 Å². The number of aliphatic hydroxyl groups is 1. The molecule has 106 valence electrons. The molecule has 4 rings (SSSR count). The first kappa shape index (κ1) is 12.6. The standard InChI is InChI=1S/C18H18N2O/c21-18(16-12-19-20-11-4-3-10-17(16)20)15-9-2-1-8-14(15)13-6-5-7-13/h1-4,8-13,18,21H,5-7H2. The van der Waals surface area contributed by atoms with Crippen LogP contribution in [0.2, 0.25) is 0 Å². The monoisotopic (exact) mass is 278 g/mol. The molecule has 1 fully saturated rings. The molecule has 2 aromatic heterocycles. The lowest BCUT2D eigenvalue weighted by atomic mass is 9.77.